The molecule has 0 aliphatic carbocycles. The summed E-state index contributed by atoms with van der Waals surface area (Å²) in [5, 5.41) is 9.79. The first-order chi connectivity index (χ1) is 52.6. The molecular weight excluding hydrogens is 1320 g/mol. The number of nitrogens with zero attached hydrogens (tertiary/aromatic N) is 1. The molecule has 0 heterocycles. The lowest BCUT2D eigenvalue weighted by Gasteiger charge is -2.25. The van der Waals surface area contributed by atoms with Gasteiger partial charge in [0.25, 0.3) is 6.29 Å². The molecule has 0 saturated heterocycles. The van der Waals surface area contributed by atoms with Gasteiger partial charge < -0.3 is 28.5 Å². The van der Waals surface area contributed by atoms with Crippen LogP contribution in [0.3, 0.4) is 0 Å². The molecule has 0 bridgehead atoms. The summed E-state index contributed by atoms with van der Waals surface area (Å²) >= 11 is 0. The normalized spacial score (nSPS) is 13.8. The number of hydrogen-bond acceptors (Lipinski definition) is 7. The zero-order valence-corrected chi connectivity index (χ0v) is 69.0. The van der Waals surface area contributed by atoms with E-state index in [0.717, 1.165) is 161 Å². The molecule has 602 valence electrons. The molecular formula is C98H158NO8+. The highest BCUT2D eigenvalue weighted by atomic mass is 16.7. The number of carbonyl (C=O) groups excluding carboxylic acids is 2. The highest BCUT2D eigenvalue weighted by molar-refractivity contribution is 5.71. The van der Waals surface area contributed by atoms with Crippen molar-refractivity contribution in [1.29, 1.82) is 0 Å². The Morgan fingerprint density at radius 2 is 0.505 bits per heavy atom. The summed E-state index contributed by atoms with van der Waals surface area (Å²) in [4.78, 5) is 37.8. The van der Waals surface area contributed by atoms with E-state index in [1.807, 2.05) is 21.1 Å². The van der Waals surface area contributed by atoms with Crippen LogP contribution in [0.15, 0.2) is 219 Å². The Bertz CT molecular complexity index is 2580. The van der Waals surface area contributed by atoms with Gasteiger partial charge in [-0.05, 0) is 154 Å². The number of carbonyl (C=O) groups is 3. The molecule has 1 N–H and O–H groups in total. The average Bonchev–Trinajstić information content (AvgIpc) is 0.965. The third-order valence-electron chi connectivity index (χ3n) is 17.7. The Labute approximate surface area is 657 Å². The van der Waals surface area contributed by atoms with Crippen LogP contribution in [0.1, 0.15) is 322 Å². The predicted molar refractivity (Wildman–Crippen MR) is 465 cm³/mol. The predicted octanol–water partition coefficient (Wildman–Crippen LogP) is 28.4. The van der Waals surface area contributed by atoms with Gasteiger partial charge in [0.1, 0.15) is 13.2 Å². The first kappa shape index (κ1) is 101. The second-order valence-corrected chi connectivity index (χ2v) is 29.0. The number of ether oxygens (including phenoxy) is 4. The molecule has 0 aromatic carbocycles. The van der Waals surface area contributed by atoms with Crippen LogP contribution in [0.5, 0.6) is 0 Å². The van der Waals surface area contributed by atoms with Gasteiger partial charge in [0.05, 0.1) is 34.4 Å². The number of likely N-dealkylation sites (N-methyl/N-ethyl adjacent to an activating group) is 1. The fraction of sp³-hybridized carbons (Fsp3) is 0.602. The zero-order valence-electron chi connectivity index (χ0n) is 69.0. The molecule has 0 radical (unpaired) electrons. The summed E-state index contributed by atoms with van der Waals surface area (Å²) in [7, 11) is 5.98. The standard InChI is InChI=1S/C98H157NO8/c1-6-8-10-12-14-16-18-20-22-24-26-28-30-32-34-36-38-40-42-44-46-48-50-52-54-56-58-60-62-64-66-68-70-72-74-76-78-80-82-84-86-88-95(100)105-92-94(93-106-98(97(102)103)104-91-90-99(3,4)5)107-96(101)89-87-85-83-81-79-77-75-73-71-69-67-65-63-61-59-57-55-53-51-49-47-45-43-41-39-37-35-33-31-29-27-25-23-21-19-17-15-13-11-9-7-2/h8-11,14-17,20-23,26-29,32-35,38-41,44-47,50-53,57,59,63,65,94,98H,6-7,12-13,18-19,24-25,30-31,36-37,42-43,48-49,54-56,58,60-62,64,66-93H2,1-5H3/p+1/b10-8-,11-9-,16-14-,17-15-,22-20-,23-21-,28-26-,29-27-,34-32-,35-33-,40-38-,41-39-,46-44-,47-45-,52-50-,53-51-,59-57-,65-63-. The number of allylic oxidation sites excluding steroid dienone is 36. The van der Waals surface area contributed by atoms with E-state index in [1.165, 1.54) is 128 Å². The lowest BCUT2D eigenvalue weighted by molar-refractivity contribution is -0.870. The maximum Gasteiger partial charge on any atom is 0.361 e. The molecule has 0 rings (SSSR count). The van der Waals surface area contributed by atoms with E-state index in [9.17, 15) is 19.5 Å². The Hall–Kier alpha value is -6.39. The topological polar surface area (TPSA) is 108 Å². The van der Waals surface area contributed by atoms with Crippen LogP contribution in [-0.4, -0.2) is 87.4 Å². The summed E-state index contributed by atoms with van der Waals surface area (Å²) < 4.78 is 23.1. The van der Waals surface area contributed by atoms with Crippen molar-refractivity contribution >= 4 is 17.9 Å². The van der Waals surface area contributed by atoms with E-state index >= 15 is 0 Å². The van der Waals surface area contributed by atoms with Crippen LogP contribution >= 0.6 is 0 Å². The number of carboxylic acids is 1. The first-order valence-electron chi connectivity index (χ1n) is 42.9. The third-order valence-corrected chi connectivity index (χ3v) is 17.7. The van der Waals surface area contributed by atoms with Gasteiger partial charge in [-0.15, -0.1) is 0 Å². The molecule has 0 aromatic heterocycles. The smallest absolute Gasteiger partial charge is 0.361 e. The highest BCUT2D eigenvalue weighted by Gasteiger charge is 2.25. The number of rotatable bonds is 77. The average molecular weight is 1480 g/mol. The van der Waals surface area contributed by atoms with Gasteiger partial charge in [0.15, 0.2) is 6.10 Å². The maximum atomic E-state index is 13.0. The minimum Gasteiger partial charge on any atom is -0.477 e. The van der Waals surface area contributed by atoms with Crippen LogP contribution in [0.25, 0.3) is 0 Å². The van der Waals surface area contributed by atoms with Crippen LogP contribution in [0.2, 0.25) is 0 Å². The van der Waals surface area contributed by atoms with Crippen molar-refractivity contribution in [3.63, 3.8) is 0 Å². The van der Waals surface area contributed by atoms with Crippen molar-refractivity contribution < 1.29 is 42.9 Å². The van der Waals surface area contributed by atoms with E-state index in [2.05, 4.69) is 233 Å². The highest BCUT2D eigenvalue weighted by Crippen LogP contribution is 2.17. The van der Waals surface area contributed by atoms with Crippen molar-refractivity contribution in [2.45, 2.75) is 334 Å². The van der Waals surface area contributed by atoms with E-state index < -0.39 is 24.3 Å². The van der Waals surface area contributed by atoms with Crippen LogP contribution in [-0.2, 0) is 33.3 Å². The van der Waals surface area contributed by atoms with Crippen LogP contribution in [0.4, 0.5) is 0 Å². The Balaban J connectivity index is 4.08. The van der Waals surface area contributed by atoms with Crippen molar-refractivity contribution in [3.05, 3.63) is 219 Å². The van der Waals surface area contributed by atoms with Gasteiger partial charge in [-0.25, -0.2) is 4.79 Å². The molecule has 0 aliphatic heterocycles. The maximum absolute atomic E-state index is 13.0. The zero-order chi connectivity index (χ0) is 77.4. The monoisotopic (exact) mass is 1480 g/mol. The second kappa shape index (κ2) is 85.2. The second-order valence-electron chi connectivity index (χ2n) is 29.0. The van der Waals surface area contributed by atoms with Crippen molar-refractivity contribution in [3.8, 4) is 0 Å². The molecule has 2 atom stereocenters. The SMILES string of the molecule is CC/C=C\C/C=C\C/C=C\C/C=C\C/C=C\C/C=C\C/C=C\C/C=C\C/C=C\C/C=C\CCCCCCCCCCCCC(=O)OC(COC(=O)CCCCCCCCCCCCCCCCCC/C=C\C/C=C\C/C=C\C/C=C\C/C=C\C/C=C\C/C=C\C/C=C\CC)COC(OCC[N+](C)(C)C)C(=O)O. The van der Waals surface area contributed by atoms with E-state index in [1.54, 1.807) is 0 Å². The molecule has 0 aromatic rings. The van der Waals surface area contributed by atoms with Gasteiger partial charge in [-0.3, -0.25) is 9.59 Å². The van der Waals surface area contributed by atoms with Gasteiger partial charge in [0.2, 0.25) is 0 Å². The number of carboxylic acid groups (broad SMARTS) is 1. The lowest BCUT2D eigenvalue weighted by atomic mass is 10.0. The molecule has 107 heavy (non-hydrogen) atoms. The van der Waals surface area contributed by atoms with Crippen molar-refractivity contribution in [1.82, 2.24) is 0 Å². The Kier molecular flexibility index (Phi) is 80.1. The summed E-state index contributed by atoms with van der Waals surface area (Å²) in [6.07, 6.45) is 131. The van der Waals surface area contributed by atoms with Crippen molar-refractivity contribution in [2.24, 2.45) is 0 Å². The quantitative estimate of drug-likeness (QED) is 0.0211. The summed E-state index contributed by atoms with van der Waals surface area (Å²) in [5.74, 6) is -2.02. The molecule has 0 aliphatic rings. The van der Waals surface area contributed by atoms with Crippen LogP contribution < -0.4 is 0 Å². The number of unbranched alkanes of at least 4 members (excludes halogenated alkanes) is 26. The summed E-state index contributed by atoms with van der Waals surface area (Å²) in [5.41, 5.74) is 0. The minimum absolute atomic E-state index is 0.178. The molecule has 0 spiro atoms. The van der Waals surface area contributed by atoms with Crippen LogP contribution in [0, 0.1) is 0 Å². The van der Waals surface area contributed by atoms with E-state index in [-0.39, 0.29) is 32.2 Å². The molecule has 9 heteroatoms. The molecule has 0 amide bonds. The fourth-order valence-electron chi connectivity index (χ4n) is 11.3. The largest absolute Gasteiger partial charge is 0.477 e. The molecule has 2 unspecified atom stereocenters. The summed E-state index contributed by atoms with van der Waals surface area (Å²) in [6.45, 7) is 4.64. The van der Waals surface area contributed by atoms with E-state index in [4.69, 9.17) is 18.9 Å². The molecule has 9 nitrogen and oxygen atoms in total. The Morgan fingerprint density at radius 3 is 0.748 bits per heavy atom. The number of hydrogen-bond donors (Lipinski definition) is 1. The number of quaternary nitrogens is 1. The van der Waals surface area contributed by atoms with E-state index in [0.29, 0.717) is 23.9 Å². The first-order valence-corrected chi connectivity index (χ1v) is 42.9. The lowest BCUT2D eigenvalue weighted by Crippen LogP contribution is -2.40. The summed E-state index contributed by atoms with van der Waals surface area (Å²) in [6, 6.07) is 0. The minimum atomic E-state index is -1.52. The van der Waals surface area contributed by atoms with Crippen molar-refractivity contribution in [2.75, 3.05) is 47.5 Å². The van der Waals surface area contributed by atoms with Gasteiger partial charge in [-0.1, -0.05) is 374 Å². The molecule has 0 fully saturated rings. The third kappa shape index (κ3) is 86.7. The van der Waals surface area contributed by atoms with Gasteiger partial charge in [0, 0.05) is 12.8 Å². The Morgan fingerprint density at radius 1 is 0.280 bits per heavy atom. The number of esters is 2. The van der Waals surface area contributed by atoms with Gasteiger partial charge >= 0.3 is 17.9 Å². The van der Waals surface area contributed by atoms with Gasteiger partial charge in [-0.2, -0.15) is 0 Å². The number of aliphatic carboxylic acids is 1. The molecule has 0 saturated carbocycles. The fourth-order valence-corrected chi connectivity index (χ4v) is 11.3.